The Morgan fingerprint density at radius 2 is 1.10 bits per heavy atom. The number of unbranched alkanes of at least 4 members (excludes halogenated alkanes) is 9. The van der Waals surface area contributed by atoms with Gasteiger partial charge in [0.1, 0.15) is 0 Å². The smallest absolute Gasteiger partial charge is 0.0636 e. The van der Waals surface area contributed by atoms with Crippen molar-refractivity contribution < 1.29 is 16.5 Å². The Kier molecular flexibility index (Phi) is 21.6. The van der Waals surface area contributed by atoms with Crippen molar-refractivity contribution in [1.82, 2.24) is 0 Å². The van der Waals surface area contributed by atoms with Gasteiger partial charge in [-0.15, -0.1) is 0 Å². The molecule has 0 amide bonds. The van der Waals surface area contributed by atoms with Gasteiger partial charge in [-0.2, -0.15) is 0 Å². The zero-order chi connectivity index (χ0) is 28.8. The molecule has 0 radical (unpaired) electrons. The molecule has 2 rings (SSSR count). The SMILES string of the molecule is CCCCCCC(C=Nc1cc(CCCCC)cc(CCCCC)c1)=Nc1ccc(CCCC)c(CCCC)c1.[Ni]. The Morgan fingerprint density at radius 1 is 0.537 bits per heavy atom. The van der Waals surface area contributed by atoms with E-state index in [4.69, 9.17) is 9.98 Å². The van der Waals surface area contributed by atoms with Gasteiger partial charge in [0.25, 0.3) is 0 Å². The molecule has 0 aromatic heterocycles. The molecule has 3 heteroatoms. The van der Waals surface area contributed by atoms with Gasteiger partial charge in [0.05, 0.1) is 17.1 Å². The van der Waals surface area contributed by atoms with Crippen molar-refractivity contribution in [1.29, 1.82) is 0 Å². The van der Waals surface area contributed by atoms with Crippen LogP contribution >= 0.6 is 0 Å². The fourth-order valence-corrected chi connectivity index (χ4v) is 5.35. The first kappa shape index (κ1) is 37.3. The minimum Gasteiger partial charge on any atom is -0.255 e. The molecule has 0 aliphatic rings. The summed E-state index contributed by atoms with van der Waals surface area (Å²) in [6, 6.07) is 14.0. The second-order valence-electron chi connectivity index (χ2n) is 11.8. The van der Waals surface area contributed by atoms with Crippen LogP contribution in [0.1, 0.15) is 153 Å². The summed E-state index contributed by atoms with van der Waals surface area (Å²) in [4.78, 5) is 10.2. The van der Waals surface area contributed by atoms with Crippen molar-refractivity contribution in [3.63, 3.8) is 0 Å². The van der Waals surface area contributed by atoms with E-state index < -0.39 is 0 Å². The number of rotatable bonds is 22. The maximum absolute atomic E-state index is 5.19. The van der Waals surface area contributed by atoms with E-state index in [1.54, 1.807) is 0 Å². The number of hydrogen-bond donors (Lipinski definition) is 0. The first-order chi connectivity index (χ1) is 19.6. The van der Waals surface area contributed by atoms with Crippen LogP contribution < -0.4 is 0 Å². The number of aliphatic imine (C=N–C) groups is 2. The Hall–Kier alpha value is -1.73. The van der Waals surface area contributed by atoms with Crippen LogP contribution in [0, 0.1) is 0 Å². The van der Waals surface area contributed by atoms with E-state index in [0.717, 1.165) is 42.8 Å². The molecule has 0 fully saturated rings. The third kappa shape index (κ3) is 15.9. The van der Waals surface area contributed by atoms with E-state index in [1.165, 1.54) is 119 Å². The van der Waals surface area contributed by atoms with E-state index in [1.807, 2.05) is 0 Å². The average Bonchev–Trinajstić information content (AvgIpc) is 2.96. The summed E-state index contributed by atoms with van der Waals surface area (Å²) in [6.45, 7) is 11.4. The summed E-state index contributed by atoms with van der Waals surface area (Å²) in [5.41, 5.74) is 9.21. The van der Waals surface area contributed by atoms with Crippen LogP contribution in [0.5, 0.6) is 0 Å². The molecule has 0 saturated heterocycles. The van der Waals surface area contributed by atoms with E-state index in [0.29, 0.717) is 0 Å². The summed E-state index contributed by atoms with van der Waals surface area (Å²) in [5.74, 6) is 0. The van der Waals surface area contributed by atoms with E-state index in [2.05, 4.69) is 77.2 Å². The van der Waals surface area contributed by atoms with Crippen molar-refractivity contribution in [2.24, 2.45) is 9.98 Å². The first-order valence-corrected chi connectivity index (χ1v) is 17.0. The standard InChI is InChI=1S/C38H60N2.Ni/c1-6-11-16-19-24-37(40-36-26-25-34(22-14-9-4)35(30-36)23-15-10-5)31-39-38-28-32(20-17-12-7-2)27-33(29-38)21-18-13-8-3;/h25-31H,6-24H2,1-5H3;. The minimum atomic E-state index is 0. The second-order valence-corrected chi connectivity index (χ2v) is 11.8. The Bertz CT molecular complexity index is 979. The van der Waals surface area contributed by atoms with E-state index in [-0.39, 0.29) is 16.5 Å². The number of nitrogens with zero attached hydrogens (tertiary/aromatic N) is 2. The molecular weight excluding hydrogens is 543 g/mol. The average molecular weight is 604 g/mol. The van der Waals surface area contributed by atoms with E-state index >= 15 is 0 Å². The second kappa shape index (κ2) is 23.8. The normalized spacial score (nSPS) is 11.8. The maximum atomic E-state index is 5.19. The van der Waals surface area contributed by atoms with Crippen molar-refractivity contribution in [2.75, 3.05) is 0 Å². The van der Waals surface area contributed by atoms with Crippen molar-refractivity contribution in [3.8, 4) is 0 Å². The van der Waals surface area contributed by atoms with Gasteiger partial charge < -0.3 is 0 Å². The summed E-state index contributed by atoms with van der Waals surface area (Å²) in [5, 5.41) is 0. The third-order valence-electron chi connectivity index (χ3n) is 7.89. The molecule has 2 aromatic rings. The Balaban J connectivity index is 0.00000840. The van der Waals surface area contributed by atoms with Gasteiger partial charge in [-0.05, 0) is 111 Å². The molecule has 2 aromatic carbocycles. The van der Waals surface area contributed by atoms with E-state index in [9.17, 15) is 0 Å². The van der Waals surface area contributed by atoms with Gasteiger partial charge in [-0.3, -0.25) is 9.98 Å². The Labute approximate surface area is 264 Å². The molecule has 0 aliphatic carbocycles. The number of aryl methyl sites for hydroxylation is 4. The van der Waals surface area contributed by atoms with Crippen molar-refractivity contribution in [2.45, 2.75) is 157 Å². The molecule has 0 atom stereocenters. The monoisotopic (exact) mass is 602 g/mol. The summed E-state index contributed by atoms with van der Waals surface area (Å²) >= 11 is 0. The third-order valence-corrected chi connectivity index (χ3v) is 7.89. The quantitative estimate of drug-likeness (QED) is 0.0727. The molecule has 0 saturated carbocycles. The van der Waals surface area contributed by atoms with Gasteiger partial charge in [-0.1, -0.05) is 105 Å². The molecule has 0 aliphatic heterocycles. The molecular formula is C38H60N2Ni. The fourth-order valence-electron chi connectivity index (χ4n) is 5.35. The zero-order valence-corrected chi connectivity index (χ0v) is 28.2. The van der Waals surface area contributed by atoms with Crippen LogP contribution in [-0.4, -0.2) is 11.9 Å². The van der Waals surface area contributed by atoms with Gasteiger partial charge in [-0.25, -0.2) is 0 Å². The van der Waals surface area contributed by atoms with Gasteiger partial charge in [0.2, 0.25) is 0 Å². The summed E-state index contributed by atoms with van der Waals surface area (Å²) in [6.07, 6.45) is 25.3. The largest absolute Gasteiger partial charge is 0.255 e. The molecule has 2 nitrogen and oxygen atoms in total. The van der Waals surface area contributed by atoms with Crippen molar-refractivity contribution in [3.05, 3.63) is 58.7 Å². The first-order valence-electron chi connectivity index (χ1n) is 17.0. The molecule has 41 heavy (non-hydrogen) atoms. The summed E-state index contributed by atoms with van der Waals surface area (Å²) < 4.78 is 0. The molecule has 0 spiro atoms. The van der Waals surface area contributed by atoms with Gasteiger partial charge in [0.15, 0.2) is 0 Å². The van der Waals surface area contributed by atoms with Crippen LogP contribution in [0.3, 0.4) is 0 Å². The van der Waals surface area contributed by atoms with Gasteiger partial charge >= 0.3 is 0 Å². The minimum absolute atomic E-state index is 0. The molecule has 0 heterocycles. The van der Waals surface area contributed by atoms with Gasteiger partial charge in [0, 0.05) is 22.7 Å². The fraction of sp³-hybridized carbons (Fsp3) is 0.632. The topological polar surface area (TPSA) is 24.7 Å². The molecule has 232 valence electrons. The maximum Gasteiger partial charge on any atom is 0.0636 e. The van der Waals surface area contributed by atoms with Crippen LogP contribution in [0.4, 0.5) is 11.4 Å². The summed E-state index contributed by atoms with van der Waals surface area (Å²) in [7, 11) is 0. The predicted molar refractivity (Wildman–Crippen MR) is 181 cm³/mol. The van der Waals surface area contributed by atoms with Crippen LogP contribution in [0.25, 0.3) is 0 Å². The number of hydrogen-bond acceptors (Lipinski definition) is 2. The molecule has 0 bridgehead atoms. The number of benzene rings is 2. The van der Waals surface area contributed by atoms with Crippen molar-refractivity contribution >= 4 is 23.3 Å². The molecule has 0 unspecified atom stereocenters. The van der Waals surface area contributed by atoms with Crippen LogP contribution in [0.15, 0.2) is 46.4 Å². The molecule has 0 N–H and O–H groups in total. The predicted octanol–water partition coefficient (Wildman–Crippen LogP) is 12.3. The zero-order valence-electron chi connectivity index (χ0n) is 27.2. The van der Waals surface area contributed by atoms with Crippen LogP contribution in [-0.2, 0) is 42.2 Å². The van der Waals surface area contributed by atoms with Crippen LogP contribution in [0.2, 0.25) is 0 Å². The Morgan fingerprint density at radius 3 is 1.68 bits per heavy atom.